The second kappa shape index (κ2) is 5.77. The number of hydrogen-bond donors (Lipinski definition) is 1. The maximum atomic E-state index is 12.1. The van der Waals surface area contributed by atoms with Gasteiger partial charge in [-0.15, -0.1) is 0 Å². The molecule has 0 aliphatic carbocycles. The Morgan fingerprint density at radius 1 is 1.50 bits per heavy atom. The van der Waals surface area contributed by atoms with E-state index in [-0.39, 0.29) is 25.1 Å². The molecule has 1 saturated heterocycles. The molecule has 1 aromatic heterocycles. The van der Waals surface area contributed by atoms with E-state index in [0.29, 0.717) is 6.54 Å². The number of aliphatic hydroxyl groups excluding tert-OH is 1. The minimum absolute atomic E-state index is 0.0107. The molecule has 1 amide bonds. The Hall–Kier alpha value is -1.69. The third kappa shape index (κ3) is 2.76. The Kier molecular flexibility index (Phi) is 4.09. The van der Waals surface area contributed by atoms with Crippen molar-refractivity contribution in [3.05, 3.63) is 28.9 Å². The highest BCUT2D eigenvalue weighted by atomic mass is 16.3. The summed E-state index contributed by atoms with van der Waals surface area (Å²) in [6, 6.07) is 1.51. The van der Waals surface area contributed by atoms with Gasteiger partial charge >= 0.3 is 5.69 Å². The highest BCUT2D eigenvalue weighted by Gasteiger charge is 2.26. The van der Waals surface area contributed by atoms with Gasteiger partial charge in [-0.05, 0) is 25.3 Å². The molecule has 0 spiro atoms. The summed E-state index contributed by atoms with van der Waals surface area (Å²) >= 11 is 0. The summed E-state index contributed by atoms with van der Waals surface area (Å²) in [6.07, 6.45) is 5.75. The van der Waals surface area contributed by atoms with E-state index in [1.807, 2.05) is 0 Å². The van der Waals surface area contributed by atoms with Crippen LogP contribution in [0.25, 0.3) is 0 Å². The van der Waals surface area contributed by atoms with Crippen LogP contribution in [0.15, 0.2) is 23.3 Å². The third-order valence-corrected chi connectivity index (χ3v) is 3.25. The first-order valence-electron chi connectivity index (χ1n) is 6.14. The lowest BCUT2D eigenvalue weighted by Gasteiger charge is -2.34. The number of nitrogens with zero attached hydrogens (tertiary/aromatic N) is 3. The second-order valence-corrected chi connectivity index (χ2v) is 4.45. The van der Waals surface area contributed by atoms with Crippen LogP contribution in [-0.2, 0) is 11.3 Å². The van der Waals surface area contributed by atoms with Gasteiger partial charge in [-0.1, -0.05) is 0 Å². The fourth-order valence-corrected chi connectivity index (χ4v) is 2.26. The van der Waals surface area contributed by atoms with Crippen molar-refractivity contribution in [2.24, 2.45) is 0 Å². The van der Waals surface area contributed by atoms with Gasteiger partial charge in [0.1, 0.15) is 6.54 Å². The van der Waals surface area contributed by atoms with Crippen LogP contribution >= 0.6 is 0 Å². The topological polar surface area (TPSA) is 75.4 Å². The number of piperidine rings is 1. The summed E-state index contributed by atoms with van der Waals surface area (Å²) in [5.74, 6) is -0.135. The van der Waals surface area contributed by atoms with Crippen LogP contribution in [0.3, 0.4) is 0 Å². The number of carbonyl (C=O) groups is 1. The van der Waals surface area contributed by atoms with E-state index >= 15 is 0 Å². The zero-order chi connectivity index (χ0) is 13.0. The van der Waals surface area contributed by atoms with E-state index in [2.05, 4.69) is 4.98 Å². The Bertz CT molecular complexity index is 472. The molecule has 0 aromatic carbocycles. The van der Waals surface area contributed by atoms with Gasteiger partial charge in [0.15, 0.2) is 0 Å². The summed E-state index contributed by atoms with van der Waals surface area (Å²) in [5.41, 5.74) is -0.427. The number of carbonyl (C=O) groups excluding carboxylic acids is 1. The molecule has 1 aliphatic heterocycles. The van der Waals surface area contributed by atoms with Crippen molar-refractivity contribution >= 4 is 5.91 Å². The largest absolute Gasteiger partial charge is 0.394 e. The average Bonchev–Trinajstić information content (AvgIpc) is 2.41. The smallest absolute Gasteiger partial charge is 0.347 e. The Balaban J connectivity index is 2.07. The van der Waals surface area contributed by atoms with Crippen molar-refractivity contribution < 1.29 is 9.90 Å². The van der Waals surface area contributed by atoms with E-state index in [9.17, 15) is 14.7 Å². The van der Waals surface area contributed by atoms with E-state index in [1.165, 1.54) is 10.8 Å². The Labute approximate surface area is 105 Å². The number of aromatic nitrogens is 2. The molecule has 0 radical (unpaired) electrons. The normalized spacial score (nSPS) is 19.8. The molecule has 1 atom stereocenters. The molecule has 0 saturated carbocycles. The summed E-state index contributed by atoms with van der Waals surface area (Å²) in [5, 5.41) is 9.26. The zero-order valence-electron chi connectivity index (χ0n) is 10.2. The lowest BCUT2D eigenvalue weighted by molar-refractivity contribution is -0.136. The summed E-state index contributed by atoms with van der Waals surface area (Å²) in [4.78, 5) is 28.8. The molecule has 1 unspecified atom stereocenters. The van der Waals surface area contributed by atoms with Gasteiger partial charge in [0, 0.05) is 18.9 Å². The van der Waals surface area contributed by atoms with Crippen LogP contribution in [0.5, 0.6) is 0 Å². The van der Waals surface area contributed by atoms with Crippen LogP contribution in [0.2, 0.25) is 0 Å². The molecule has 1 aromatic rings. The Morgan fingerprint density at radius 3 is 3.06 bits per heavy atom. The van der Waals surface area contributed by atoms with Crippen molar-refractivity contribution in [3.63, 3.8) is 0 Å². The van der Waals surface area contributed by atoms with Crippen molar-refractivity contribution in [3.8, 4) is 0 Å². The molecule has 18 heavy (non-hydrogen) atoms. The highest BCUT2D eigenvalue weighted by Crippen LogP contribution is 2.16. The van der Waals surface area contributed by atoms with Crippen LogP contribution in [0, 0.1) is 0 Å². The molecule has 6 heteroatoms. The van der Waals surface area contributed by atoms with Gasteiger partial charge in [-0.3, -0.25) is 9.36 Å². The maximum Gasteiger partial charge on any atom is 0.347 e. The quantitative estimate of drug-likeness (QED) is 0.794. The van der Waals surface area contributed by atoms with Gasteiger partial charge in [0.05, 0.1) is 12.6 Å². The van der Waals surface area contributed by atoms with Gasteiger partial charge in [0.25, 0.3) is 0 Å². The molecule has 0 bridgehead atoms. The molecule has 2 rings (SSSR count). The van der Waals surface area contributed by atoms with Crippen molar-refractivity contribution in [1.82, 2.24) is 14.5 Å². The van der Waals surface area contributed by atoms with E-state index in [0.717, 1.165) is 19.3 Å². The minimum Gasteiger partial charge on any atom is -0.394 e. The van der Waals surface area contributed by atoms with Crippen molar-refractivity contribution in [1.29, 1.82) is 0 Å². The lowest BCUT2D eigenvalue weighted by atomic mass is 10.0. The summed E-state index contributed by atoms with van der Waals surface area (Å²) < 4.78 is 1.28. The van der Waals surface area contributed by atoms with Crippen LogP contribution in [0.1, 0.15) is 19.3 Å². The van der Waals surface area contributed by atoms with E-state index in [4.69, 9.17) is 0 Å². The van der Waals surface area contributed by atoms with Gasteiger partial charge in [-0.2, -0.15) is 0 Å². The second-order valence-electron chi connectivity index (χ2n) is 4.45. The highest BCUT2D eigenvalue weighted by molar-refractivity contribution is 5.76. The molecular formula is C12H17N3O3. The number of likely N-dealkylation sites (tertiary alicyclic amines) is 1. The standard InChI is InChI=1S/C12H17N3O3/c16-9-10-4-1-2-7-15(10)11(17)8-14-6-3-5-13-12(14)18/h3,5-6,10,16H,1-2,4,7-9H2. The third-order valence-electron chi connectivity index (χ3n) is 3.25. The number of hydrogen-bond acceptors (Lipinski definition) is 4. The lowest BCUT2D eigenvalue weighted by Crippen LogP contribution is -2.47. The zero-order valence-corrected chi connectivity index (χ0v) is 10.2. The SMILES string of the molecule is O=C(Cn1cccnc1=O)N1CCCCC1CO. The van der Waals surface area contributed by atoms with Gasteiger partial charge in [0.2, 0.25) is 5.91 Å². The predicted molar refractivity (Wildman–Crippen MR) is 64.9 cm³/mol. The molecule has 6 nitrogen and oxygen atoms in total. The van der Waals surface area contributed by atoms with Crippen LogP contribution < -0.4 is 5.69 Å². The Morgan fingerprint density at radius 2 is 2.33 bits per heavy atom. The van der Waals surface area contributed by atoms with Crippen molar-refractivity contribution in [2.45, 2.75) is 31.8 Å². The number of aliphatic hydroxyl groups is 1. The first-order valence-corrected chi connectivity index (χ1v) is 6.14. The number of amides is 1. The predicted octanol–water partition coefficient (Wildman–Crippen LogP) is -0.383. The van der Waals surface area contributed by atoms with E-state index < -0.39 is 5.69 Å². The first-order chi connectivity index (χ1) is 8.72. The molecule has 2 heterocycles. The molecule has 1 aliphatic rings. The number of rotatable bonds is 3. The average molecular weight is 251 g/mol. The molecule has 1 N–H and O–H groups in total. The molecule has 98 valence electrons. The van der Waals surface area contributed by atoms with Gasteiger partial charge < -0.3 is 10.0 Å². The molecular weight excluding hydrogens is 234 g/mol. The fourth-order valence-electron chi connectivity index (χ4n) is 2.26. The summed E-state index contributed by atoms with van der Waals surface area (Å²) in [7, 11) is 0. The van der Waals surface area contributed by atoms with Crippen LogP contribution in [0.4, 0.5) is 0 Å². The van der Waals surface area contributed by atoms with Crippen LogP contribution in [-0.4, -0.2) is 44.7 Å². The van der Waals surface area contributed by atoms with Gasteiger partial charge in [-0.25, -0.2) is 9.78 Å². The first kappa shape index (κ1) is 12.8. The monoisotopic (exact) mass is 251 g/mol. The van der Waals surface area contributed by atoms with E-state index in [1.54, 1.807) is 17.2 Å². The summed E-state index contributed by atoms with van der Waals surface area (Å²) in [6.45, 7) is 0.621. The molecule has 1 fully saturated rings. The minimum atomic E-state index is -0.427. The van der Waals surface area contributed by atoms with Crippen molar-refractivity contribution in [2.75, 3.05) is 13.2 Å². The fraction of sp³-hybridized carbons (Fsp3) is 0.583. The maximum absolute atomic E-state index is 12.1.